The van der Waals surface area contributed by atoms with E-state index in [9.17, 15) is 8.42 Å². The Bertz CT molecular complexity index is 956. The van der Waals surface area contributed by atoms with Crippen molar-refractivity contribution in [3.63, 3.8) is 0 Å². The molecule has 1 aliphatic heterocycles. The van der Waals surface area contributed by atoms with Gasteiger partial charge in [0.25, 0.3) is 0 Å². The second-order valence-electron chi connectivity index (χ2n) is 7.53. The molecule has 2 bridgehead atoms. The Labute approximate surface area is 166 Å². The lowest BCUT2D eigenvalue weighted by atomic mass is 10.0. The van der Waals surface area contributed by atoms with Gasteiger partial charge in [0.2, 0.25) is 10.0 Å². The molecule has 1 saturated heterocycles. The van der Waals surface area contributed by atoms with E-state index in [2.05, 4.69) is 5.10 Å². The molecule has 2 aliphatic rings. The van der Waals surface area contributed by atoms with Crippen molar-refractivity contribution in [3.05, 3.63) is 36.2 Å². The lowest BCUT2D eigenvalue weighted by molar-refractivity contribution is 0.162. The van der Waals surface area contributed by atoms with Gasteiger partial charge in [-0.2, -0.15) is 9.40 Å². The molecule has 4 rings (SSSR count). The highest BCUT2D eigenvalue weighted by Gasteiger charge is 2.52. The van der Waals surface area contributed by atoms with E-state index in [1.54, 1.807) is 16.1 Å². The third-order valence-corrected chi connectivity index (χ3v) is 8.13. The Balaban J connectivity index is 1.59. The van der Waals surface area contributed by atoms with Gasteiger partial charge in [-0.15, -0.1) is 0 Å². The van der Waals surface area contributed by atoms with Crippen LogP contribution < -0.4 is 9.47 Å². The molecule has 1 saturated carbocycles. The molecule has 28 heavy (non-hydrogen) atoms. The van der Waals surface area contributed by atoms with Gasteiger partial charge in [-0.25, -0.2) is 8.42 Å². The number of aromatic nitrogens is 2. The summed E-state index contributed by atoms with van der Waals surface area (Å²) in [7, 11) is -2.00. The number of hydrogen-bond acceptors (Lipinski definition) is 5. The molecule has 152 valence electrons. The van der Waals surface area contributed by atoms with Gasteiger partial charge in [0.15, 0.2) is 0 Å². The Kier molecular flexibility index (Phi) is 5.09. The van der Waals surface area contributed by atoms with Crippen LogP contribution >= 0.6 is 0 Å². The van der Waals surface area contributed by atoms with Crippen molar-refractivity contribution in [1.29, 1.82) is 0 Å². The SMILES string of the molecule is CCn1ncc(S(=O)(=O)N2[C@@H]3CC[C@@H](C3)[C@@H]2COc2cccc(OC)c2)c1C. The van der Waals surface area contributed by atoms with Gasteiger partial charge in [0.05, 0.1) is 25.0 Å². The van der Waals surface area contributed by atoms with Crippen LogP contribution in [0, 0.1) is 12.8 Å². The molecule has 1 aromatic heterocycles. The van der Waals surface area contributed by atoms with Gasteiger partial charge in [0.1, 0.15) is 23.0 Å². The first-order chi connectivity index (χ1) is 13.5. The van der Waals surface area contributed by atoms with E-state index in [0.29, 0.717) is 35.4 Å². The van der Waals surface area contributed by atoms with E-state index in [1.807, 2.05) is 38.1 Å². The van der Waals surface area contributed by atoms with E-state index in [1.165, 1.54) is 6.20 Å². The van der Waals surface area contributed by atoms with Crippen LogP contribution in [-0.2, 0) is 16.6 Å². The van der Waals surface area contributed by atoms with Crippen LogP contribution in [0.3, 0.4) is 0 Å². The average molecular weight is 406 g/mol. The second-order valence-corrected chi connectivity index (χ2v) is 9.34. The van der Waals surface area contributed by atoms with Crippen molar-refractivity contribution in [2.24, 2.45) is 5.92 Å². The minimum atomic E-state index is -3.61. The topological polar surface area (TPSA) is 73.7 Å². The zero-order valence-corrected chi connectivity index (χ0v) is 17.4. The fourth-order valence-electron chi connectivity index (χ4n) is 4.62. The number of nitrogens with zero attached hydrogens (tertiary/aromatic N) is 3. The standard InChI is InChI=1S/C20H27N3O4S/c1-4-22-14(2)20(12-21-22)28(24,25)23-16-9-8-15(10-16)19(23)13-27-18-7-5-6-17(11-18)26-3/h5-7,11-12,15-16,19H,4,8-10,13H2,1-3H3/t15-,16+,19-/m0/s1. The molecule has 0 radical (unpaired) electrons. The van der Waals surface area contributed by atoms with Gasteiger partial charge in [0, 0.05) is 18.7 Å². The van der Waals surface area contributed by atoms with Crippen LogP contribution in [0.25, 0.3) is 0 Å². The van der Waals surface area contributed by atoms with Crippen LogP contribution in [0.1, 0.15) is 31.9 Å². The number of fused-ring (bicyclic) bond motifs is 2. The number of hydrogen-bond donors (Lipinski definition) is 0. The summed E-state index contributed by atoms with van der Waals surface area (Å²) in [5.74, 6) is 1.75. The van der Waals surface area contributed by atoms with Crippen molar-refractivity contribution in [2.45, 2.75) is 56.6 Å². The zero-order chi connectivity index (χ0) is 19.9. The van der Waals surface area contributed by atoms with Crippen LogP contribution in [0.15, 0.2) is 35.4 Å². The monoisotopic (exact) mass is 405 g/mol. The molecule has 0 unspecified atom stereocenters. The Morgan fingerprint density at radius 1 is 1.25 bits per heavy atom. The van der Waals surface area contributed by atoms with Crippen molar-refractivity contribution in [3.8, 4) is 11.5 Å². The molecule has 3 atom stereocenters. The number of methoxy groups -OCH3 is 1. The van der Waals surface area contributed by atoms with Crippen LogP contribution in [0.4, 0.5) is 0 Å². The summed E-state index contributed by atoms with van der Waals surface area (Å²) in [5.41, 5.74) is 0.692. The molecular formula is C20H27N3O4S. The number of aryl methyl sites for hydroxylation is 1. The highest BCUT2D eigenvalue weighted by molar-refractivity contribution is 7.89. The summed E-state index contributed by atoms with van der Waals surface area (Å²) >= 11 is 0. The summed E-state index contributed by atoms with van der Waals surface area (Å²) in [6, 6.07) is 7.31. The number of ether oxygens (including phenoxy) is 2. The van der Waals surface area contributed by atoms with Gasteiger partial charge >= 0.3 is 0 Å². The minimum absolute atomic E-state index is 0.0540. The normalized spacial score (nSPS) is 24.6. The summed E-state index contributed by atoms with van der Waals surface area (Å²) in [5, 5.41) is 4.24. The van der Waals surface area contributed by atoms with E-state index in [-0.39, 0.29) is 12.1 Å². The number of rotatable bonds is 7. The van der Waals surface area contributed by atoms with E-state index in [0.717, 1.165) is 25.0 Å². The largest absolute Gasteiger partial charge is 0.497 e. The zero-order valence-electron chi connectivity index (χ0n) is 16.5. The molecule has 2 heterocycles. The average Bonchev–Trinajstić information content (AvgIpc) is 3.40. The molecule has 0 spiro atoms. The maximum Gasteiger partial charge on any atom is 0.247 e. The lowest BCUT2D eigenvalue weighted by Crippen LogP contribution is -2.47. The first-order valence-electron chi connectivity index (χ1n) is 9.78. The van der Waals surface area contributed by atoms with E-state index >= 15 is 0 Å². The maximum absolute atomic E-state index is 13.5. The molecule has 2 fully saturated rings. The number of benzene rings is 1. The molecule has 7 nitrogen and oxygen atoms in total. The molecule has 2 aromatic rings. The van der Waals surface area contributed by atoms with Crippen LogP contribution in [0.2, 0.25) is 0 Å². The Morgan fingerprint density at radius 3 is 2.75 bits per heavy atom. The molecule has 0 N–H and O–H groups in total. The number of piperidine rings is 1. The first kappa shape index (κ1) is 19.3. The van der Waals surface area contributed by atoms with Crippen molar-refractivity contribution in [2.75, 3.05) is 13.7 Å². The summed E-state index contributed by atoms with van der Waals surface area (Å²) < 4.78 is 41.6. The predicted molar refractivity (Wildman–Crippen MR) is 105 cm³/mol. The molecule has 8 heteroatoms. The summed E-state index contributed by atoms with van der Waals surface area (Å²) in [4.78, 5) is 0.313. The Morgan fingerprint density at radius 2 is 2.04 bits per heavy atom. The van der Waals surface area contributed by atoms with Crippen LogP contribution in [-0.4, -0.2) is 48.3 Å². The van der Waals surface area contributed by atoms with Crippen molar-refractivity contribution in [1.82, 2.24) is 14.1 Å². The van der Waals surface area contributed by atoms with Gasteiger partial charge < -0.3 is 9.47 Å². The van der Waals surface area contributed by atoms with E-state index < -0.39 is 10.0 Å². The van der Waals surface area contributed by atoms with E-state index in [4.69, 9.17) is 9.47 Å². The minimum Gasteiger partial charge on any atom is -0.497 e. The van der Waals surface area contributed by atoms with Crippen LogP contribution in [0.5, 0.6) is 11.5 Å². The molecular weight excluding hydrogens is 378 g/mol. The van der Waals surface area contributed by atoms with Crippen molar-refractivity contribution >= 4 is 10.0 Å². The maximum atomic E-state index is 13.5. The third kappa shape index (κ3) is 3.18. The second kappa shape index (κ2) is 7.40. The number of sulfonamides is 1. The molecule has 1 aromatic carbocycles. The smallest absolute Gasteiger partial charge is 0.247 e. The highest BCUT2D eigenvalue weighted by atomic mass is 32.2. The molecule has 0 amide bonds. The van der Waals surface area contributed by atoms with Gasteiger partial charge in [-0.1, -0.05) is 6.07 Å². The highest BCUT2D eigenvalue weighted by Crippen LogP contribution is 2.45. The molecule has 1 aliphatic carbocycles. The third-order valence-electron chi connectivity index (χ3n) is 6.05. The first-order valence-corrected chi connectivity index (χ1v) is 11.2. The quantitative estimate of drug-likeness (QED) is 0.708. The predicted octanol–water partition coefficient (Wildman–Crippen LogP) is 2.84. The van der Waals surface area contributed by atoms with Gasteiger partial charge in [-0.05, 0) is 51.2 Å². The summed E-state index contributed by atoms with van der Waals surface area (Å²) in [6.45, 7) is 4.77. The Hall–Kier alpha value is -2.06. The fourth-order valence-corrected chi connectivity index (χ4v) is 6.68. The summed E-state index contributed by atoms with van der Waals surface area (Å²) in [6.07, 6.45) is 4.36. The fraction of sp³-hybridized carbons (Fsp3) is 0.550. The van der Waals surface area contributed by atoms with Crippen molar-refractivity contribution < 1.29 is 17.9 Å². The van der Waals surface area contributed by atoms with Gasteiger partial charge in [-0.3, -0.25) is 4.68 Å². The lowest BCUT2D eigenvalue weighted by Gasteiger charge is -2.34.